The summed E-state index contributed by atoms with van der Waals surface area (Å²) in [6.45, 7) is 1.90. The number of aromatic nitrogens is 1. The molecule has 1 fully saturated rings. The minimum absolute atomic E-state index is 0.144. The summed E-state index contributed by atoms with van der Waals surface area (Å²) in [7, 11) is -3.70. The first-order valence-corrected chi connectivity index (χ1v) is 9.76. The number of carbonyl (C=O) groups excluding carboxylic acids is 1. The number of aromatic carboxylic acids is 1. The summed E-state index contributed by atoms with van der Waals surface area (Å²) in [5.41, 5.74) is -1.44. The summed E-state index contributed by atoms with van der Waals surface area (Å²) in [5, 5.41) is 12.3. The number of carbonyl (C=O) groups is 2. The fraction of sp³-hybridized carbons (Fsp3) is 0.353. The first-order chi connectivity index (χ1) is 12.1. The van der Waals surface area contributed by atoms with Gasteiger partial charge >= 0.3 is 5.97 Å². The van der Waals surface area contributed by atoms with Gasteiger partial charge in [-0.1, -0.05) is 12.1 Å². The first kappa shape index (κ1) is 18.2. The Morgan fingerprint density at radius 1 is 1.31 bits per heavy atom. The van der Waals surface area contributed by atoms with Crippen molar-refractivity contribution in [3.63, 3.8) is 0 Å². The number of carboxylic acid groups (broad SMARTS) is 1. The molecule has 7 nitrogen and oxygen atoms in total. The van der Waals surface area contributed by atoms with Crippen molar-refractivity contribution in [3.8, 4) is 0 Å². The number of halogens is 1. The number of nitrogens with zero attached hydrogens (tertiary/aromatic N) is 1. The molecule has 0 atom stereocenters. The lowest BCUT2D eigenvalue weighted by molar-refractivity contribution is 0.0682. The smallest absolute Gasteiger partial charge is 0.358 e. The lowest BCUT2D eigenvalue weighted by Crippen LogP contribution is -2.16. The van der Waals surface area contributed by atoms with E-state index in [9.17, 15) is 22.4 Å². The summed E-state index contributed by atoms with van der Waals surface area (Å²) >= 11 is 0. The van der Waals surface area contributed by atoms with Crippen LogP contribution in [0, 0.1) is 5.82 Å². The van der Waals surface area contributed by atoms with E-state index in [0.717, 1.165) is 31.4 Å². The van der Waals surface area contributed by atoms with Crippen LogP contribution in [0.15, 0.2) is 27.8 Å². The van der Waals surface area contributed by atoms with Crippen LogP contribution in [-0.4, -0.2) is 36.7 Å². The highest BCUT2D eigenvalue weighted by molar-refractivity contribution is 7.90. The Hall–Kier alpha value is -2.55. The molecule has 26 heavy (non-hydrogen) atoms. The minimum Gasteiger partial charge on any atom is -0.476 e. The van der Waals surface area contributed by atoms with Crippen molar-refractivity contribution >= 4 is 21.6 Å². The number of ketones is 1. The maximum Gasteiger partial charge on any atom is 0.358 e. The highest BCUT2D eigenvalue weighted by atomic mass is 32.2. The molecule has 0 aliphatic heterocycles. The SMILES string of the molecule is CCC1(c2cc(C(=O)c3conc3C(=O)O)c(F)cc2S(C)(=O)=O)CC1. The second-order valence-electron chi connectivity index (χ2n) is 6.45. The van der Waals surface area contributed by atoms with Gasteiger partial charge in [-0.25, -0.2) is 17.6 Å². The van der Waals surface area contributed by atoms with Crippen LogP contribution in [0.5, 0.6) is 0 Å². The van der Waals surface area contributed by atoms with Crippen molar-refractivity contribution in [3.05, 3.63) is 46.6 Å². The molecule has 1 aliphatic carbocycles. The van der Waals surface area contributed by atoms with Gasteiger partial charge in [0, 0.05) is 6.26 Å². The standard InChI is InChI=1S/C17H16FNO6S/c1-3-17(4-5-17)11-6-9(12(18)7-13(11)26(2,23)24)15(20)10-8-25-19-14(10)16(21)22/h6-8H,3-5H2,1-2H3,(H,21,22). The fourth-order valence-electron chi connectivity index (χ4n) is 3.11. The molecule has 1 aromatic heterocycles. The lowest BCUT2D eigenvalue weighted by atomic mass is 9.90. The summed E-state index contributed by atoms with van der Waals surface area (Å²) in [5.74, 6) is -3.44. The molecular weight excluding hydrogens is 365 g/mol. The van der Waals surface area contributed by atoms with Gasteiger partial charge in [-0.2, -0.15) is 0 Å². The van der Waals surface area contributed by atoms with E-state index in [-0.39, 0.29) is 4.90 Å². The monoisotopic (exact) mass is 381 g/mol. The van der Waals surface area contributed by atoms with Gasteiger partial charge in [-0.3, -0.25) is 4.79 Å². The third-order valence-electron chi connectivity index (χ3n) is 4.83. The molecule has 9 heteroatoms. The molecule has 1 aromatic carbocycles. The average molecular weight is 381 g/mol. The maximum atomic E-state index is 14.6. The molecule has 1 N–H and O–H groups in total. The molecule has 138 valence electrons. The second-order valence-corrected chi connectivity index (χ2v) is 8.43. The van der Waals surface area contributed by atoms with Gasteiger partial charge in [0.25, 0.3) is 0 Å². The molecule has 0 bridgehead atoms. The maximum absolute atomic E-state index is 14.6. The molecule has 1 saturated carbocycles. The molecule has 0 amide bonds. The Bertz CT molecular complexity index is 1020. The molecule has 0 unspecified atom stereocenters. The van der Waals surface area contributed by atoms with E-state index in [1.54, 1.807) is 0 Å². The van der Waals surface area contributed by atoms with E-state index < -0.39 is 49.6 Å². The molecular formula is C17H16FNO6S. The van der Waals surface area contributed by atoms with Crippen LogP contribution in [0.1, 0.15) is 58.2 Å². The van der Waals surface area contributed by atoms with Crippen LogP contribution in [0.4, 0.5) is 4.39 Å². The van der Waals surface area contributed by atoms with Crippen molar-refractivity contribution in [2.75, 3.05) is 6.26 Å². The predicted molar refractivity (Wildman–Crippen MR) is 87.6 cm³/mol. The largest absolute Gasteiger partial charge is 0.476 e. The van der Waals surface area contributed by atoms with Crippen LogP contribution in [0.25, 0.3) is 0 Å². The van der Waals surface area contributed by atoms with Crippen LogP contribution in [0.2, 0.25) is 0 Å². The zero-order valence-corrected chi connectivity index (χ0v) is 14.9. The molecule has 0 spiro atoms. The number of carboxylic acids is 1. The van der Waals surface area contributed by atoms with Crippen LogP contribution in [0.3, 0.4) is 0 Å². The van der Waals surface area contributed by atoms with Gasteiger partial charge in [0.1, 0.15) is 12.1 Å². The van der Waals surface area contributed by atoms with Crippen molar-refractivity contribution in [1.82, 2.24) is 5.16 Å². The molecule has 3 rings (SSSR count). The first-order valence-electron chi connectivity index (χ1n) is 7.87. The van der Waals surface area contributed by atoms with Crippen molar-refractivity contribution in [2.24, 2.45) is 0 Å². The lowest BCUT2D eigenvalue weighted by Gasteiger charge is -2.18. The quantitative estimate of drug-likeness (QED) is 0.765. The van der Waals surface area contributed by atoms with Gasteiger partial charge in [0.15, 0.2) is 9.84 Å². The van der Waals surface area contributed by atoms with Gasteiger partial charge in [0.2, 0.25) is 11.5 Å². The van der Waals surface area contributed by atoms with Gasteiger partial charge < -0.3 is 9.63 Å². The Kier molecular flexibility index (Phi) is 4.22. The Labute approximate surface area is 148 Å². The van der Waals surface area contributed by atoms with Crippen LogP contribution >= 0.6 is 0 Å². The van der Waals surface area contributed by atoms with Crippen molar-refractivity contribution in [1.29, 1.82) is 0 Å². The van der Waals surface area contributed by atoms with Crippen molar-refractivity contribution < 1.29 is 32.0 Å². The van der Waals surface area contributed by atoms with E-state index in [2.05, 4.69) is 9.68 Å². The van der Waals surface area contributed by atoms with Crippen LogP contribution < -0.4 is 0 Å². The van der Waals surface area contributed by atoms with E-state index in [0.29, 0.717) is 12.0 Å². The van der Waals surface area contributed by atoms with E-state index >= 15 is 0 Å². The Morgan fingerprint density at radius 2 is 1.96 bits per heavy atom. The average Bonchev–Trinajstić information content (AvgIpc) is 3.20. The zero-order valence-electron chi connectivity index (χ0n) is 14.1. The summed E-state index contributed by atoms with van der Waals surface area (Å²) in [4.78, 5) is 23.6. The Balaban J connectivity index is 2.20. The van der Waals surface area contributed by atoms with E-state index in [1.165, 1.54) is 6.07 Å². The Morgan fingerprint density at radius 3 is 2.46 bits per heavy atom. The summed E-state index contributed by atoms with van der Waals surface area (Å²) in [6.07, 6.45) is 3.93. The molecule has 1 aliphatic rings. The number of sulfone groups is 1. The second kappa shape index (κ2) is 6.01. The number of hydrogen-bond donors (Lipinski definition) is 1. The number of rotatable bonds is 6. The third-order valence-corrected chi connectivity index (χ3v) is 5.97. The normalized spacial score (nSPS) is 15.7. The van der Waals surface area contributed by atoms with Crippen molar-refractivity contribution in [2.45, 2.75) is 36.5 Å². The van der Waals surface area contributed by atoms with E-state index in [4.69, 9.17) is 5.11 Å². The summed E-state index contributed by atoms with van der Waals surface area (Å²) in [6, 6.07) is 2.06. The third kappa shape index (κ3) is 2.92. The molecule has 0 radical (unpaired) electrons. The summed E-state index contributed by atoms with van der Waals surface area (Å²) < 4.78 is 43.3. The predicted octanol–water partition coefficient (Wildman–Crippen LogP) is 2.59. The van der Waals surface area contributed by atoms with E-state index in [1.807, 2.05) is 6.92 Å². The van der Waals surface area contributed by atoms with Gasteiger partial charge in [-0.15, -0.1) is 0 Å². The molecule has 1 heterocycles. The van der Waals surface area contributed by atoms with Gasteiger partial charge in [0.05, 0.1) is 16.0 Å². The highest BCUT2D eigenvalue weighted by Crippen LogP contribution is 2.53. The fourth-order valence-corrected chi connectivity index (χ4v) is 4.10. The molecule has 0 saturated heterocycles. The number of hydrogen-bond acceptors (Lipinski definition) is 6. The van der Waals surface area contributed by atoms with Crippen LogP contribution in [-0.2, 0) is 15.3 Å². The highest BCUT2D eigenvalue weighted by Gasteiger charge is 2.45. The minimum atomic E-state index is -3.70. The number of benzene rings is 1. The zero-order chi connectivity index (χ0) is 19.3. The van der Waals surface area contributed by atoms with Gasteiger partial charge in [-0.05, 0) is 42.4 Å². The topological polar surface area (TPSA) is 115 Å². The molecule has 2 aromatic rings.